The van der Waals surface area contributed by atoms with E-state index in [2.05, 4.69) is 4.72 Å². The van der Waals surface area contributed by atoms with Gasteiger partial charge in [-0.15, -0.1) is 0 Å². The van der Waals surface area contributed by atoms with Gasteiger partial charge in [0.15, 0.2) is 0 Å². The Morgan fingerprint density at radius 2 is 1.44 bits per heavy atom. The molecule has 1 aliphatic heterocycles. The lowest BCUT2D eigenvalue weighted by Gasteiger charge is -2.16. The Kier molecular flexibility index (Phi) is 6.00. The van der Waals surface area contributed by atoms with E-state index in [0.29, 0.717) is 13.1 Å². The maximum absolute atomic E-state index is 12.5. The molecule has 1 fully saturated rings. The Hall–Kier alpha value is -1.74. The van der Waals surface area contributed by atoms with E-state index in [-0.39, 0.29) is 22.3 Å². The summed E-state index contributed by atoms with van der Waals surface area (Å²) in [6.45, 7) is 3.24. The molecule has 27 heavy (non-hydrogen) atoms. The van der Waals surface area contributed by atoms with E-state index in [1.54, 1.807) is 0 Å². The van der Waals surface area contributed by atoms with Crippen LogP contribution in [0.15, 0.2) is 64.4 Å². The fraction of sp³-hybridized carbons (Fsp3) is 0.368. The maximum Gasteiger partial charge on any atom is 0.243 e. The van der Waals surface area contributed by atoms with Gasteiger partial charge >= 0.3 is 0 Å². The second-order valence-corrected chi connectivity index (χ2v) is 10.5. The smallest absolute Gasteiger partial charge is 0.211 e. The number of rotatable bonds is 7. The lowest BCUT2D eigenvalue weighted by molar-refractivity contribution is 0.477. The molecule has 1 N–H and O–H groups in total. The lowest BCUT2D eigenvalue weighted by atomic mass is 10.0. The molecule has 3 rings (SSSR count). The molecular weight excluding hydrogens is 384 g/mol. The molecule has 0 saturated carbocycles. The van der Waals surface area contributed by atoms with Crippen molar-refractivity contribution in [3.05, 3.63) is 60.2 Å². The first kappa shape index (κ1) is 20.0. The van der Waals surface area contributed by atoms with Gasteiger partial charge in [-0.3, -0.25) is 0 Å². The van der Waals surface area contributed by atoms with Gasteiger partial charge in [0.2, 0.25) is 20.0 Å². The molecule has 2 aromatic carbocycles. The molecule has 2 aromatic rings. The molecule has 0 amide bonds. The van der Waals surface area contributed by atoms with E-state index in [9.17, 15) is 16.8 Å². The summed E-state index contributed by atoms with van der Waals surface area (Å²) in [4.78, 5) is 0.184. The second-order valence-electron chi connectivity index (χ2n) is 6.75. The molecule has 6 nitrogen and oxygen atoms in total. The first-order chi connectivity index (χ1) is 12.8. The van der Waals surface area contributed by atoms with Gasteiger partial charge in [-0.1, -0.05) is 37.3 Å². The molecule has 8 heteroatoms. The van der Waals surface area contributed by atoms with Crippen molar-refractivity contribution < 1.29 is 16.8 Å². The third kappa shape index (κ3) is 4.57. The van der Waals surface area contributed by atoms with Crippen LogP contribution in [0.5, 0.6) is 0 Å². The van der Waals surface area contributed by atoms with Gasteiger partial charge in [-0.2, -0.15) is 4.31 Å². The molecule has 146 valence electrons. The van der Waals surface area contributed by atoms with Crippen LogP contribution in [0.3, 0.4) is 0 Å². The topological polar surface area (TPSA) is 83.5 Å². The predicted molar refractivity (Wildman–Crippen MR) is 104 cm³/mol. The Labute approximate surface area is 161 Å². The molecule has 1 atom stereocenters. The highest BCUT2D eigenvalue weighted by molar-refractivity contribution is 7.89. The Balaban J connectivity index is 1.70. The number of sulfonamides is 2. The van der Waals surface area contributed by atoms with Crippen LogP contribution in [0, 0.1) is 0 Å². The molecular formula is C19H24N2O4S2. The molecule has 0 spiro atoms. The van der Waals surface area contributed by atoms with Crippen molar-refractivity contribution in [2.24, 2.45) is 0 Å². The van der Waals surface area contributed by atoms with E-state index in [0.717, 1.165) is 18.4 Å². The van der Waals surface area contributed by atoms with Crippen molar-refractivity contribution in [3.8, 4) is 0 Å². The first-order valence-electron chi connectivity index (χ1n) is 8.95. The minimum absolute atomic E-state index is 0.0239. The summed E-state index contributed by atoms with van der Waals surface area (Å²) in [7, 11) is -7.25. The van der Waals surface area contributed by atoms with Crippen molar-refractivity contribution in [1.82, 2.24) is 9.03 Å². The summed E-state index contributed by atoms with van der Waals surface area (Å²) < 4.78 is 54.1. The predicted octanol–water partition coefficient (Wildman–Crippen LogP) is 2.55. The molecule has 1 aliphatic rings. The van der Waals surface area contributed by atoms with Crippen LogP contribution in [0.2, 0.25) is 0 Å². The SMILES string of the molecule is C[C@@H](CNS(=O)(=O)c1ccc(S(=O)(=O)N2CCCC2)cc1)c1ccccc1. The minimum atomic E-state index is -3.70. The highest BCUT2D eigenvalue weighted by Gasteiger charge is 2.27. The van der Waals surface area contributed by atoms with Crippen LogP contribution in [0.4, 0.5) is 0 Å². The Bertz CT molecular complexity index is 966. The van der Waals surface area contributed by atoms with E-state index >= 15 is 0 Å². The molecule has 0 aromatic heterocycles. The average Bonchev–Trinajstić information content (AvgIpc) is 3.23. The number of nitrogens with zero attached hydrogens (tertiary/aromatic N) is 1. The zero-order valence-corrected chi connectivity index (χ0v) is 16.8. The van der Waals surface area contributed by atoms with Crippen molar-refractivity contribution in [2.45, 2.75) is 35.5 Å². The van der Waals surface area contributed by atoms with Gasteiger partial charge in [0.1, 0.15) is 0 Å². The van der Waals surface area contributed by atoms with Crippen molar-refractivity contribution >= 4 is 20.0 Å². The third-order valence-corrected chi connectivity index (χ3v) is 8.14. The Morgan fingerprint density at radius 1 is 0.889 bits per heavy atom. The zero-order chi connectivity index (χ0) is 19.5. The van der Waals surface area contributed by atoms with Gasteiger partial charge in [-0.25, -0.2) is 21.6 Å². The molecule has 1 saturated heterocycles. The first-order valence-corrected chi connectivity index (χ1v) is 11.9. The third-order valence-electron chi connectivity index (χ3n) is 4.78. The lowest BCUT2D eigenvalue weighted by Crippen LogP contribution is -2.29. The average molecular weight is 409 g/mol. The number of hydrogen-bond donors (Lipinski definition) is 1. The molecule has 0 aliphatic carbocycles. The fourth-order valence-electron chi connectivity index (χ4n) is 3.09. The summed E-state index contributed by atoms with van der Waals surface area (Å²) in [5, 5.41) is 0. The quantitative estimate of drug-likeness (QED) is 0.763. The Morgan fingerprint density at radius 3 is 2.04 bits per heavy atom. The largest absolute Gasteiger partial charge is 0.243 e. The number of nitrogens with one attached hydrogen (secondary N) is 1. The van der Waals surface area contributed by atoms with Crippen LogP contribution in [0.25, 0.3) is 0 Å². The molecule has 0 radical (unpaired) electrons. The highest BCUT2D eigenvalue weighted by Crippen LogP contribution is 2.22. The van der Waals surface area contributed by atoms with E-state index in [1.807, 2.05) is 37.3 Å². The number of benzene rings is 2. The zero-order valence-electron chi connectivity index (χ0n) is 15.2. The van der Waals surface area contributed by atoms with Crippen LogP contribution in [-0.4, -0.2) is 40.8 Å². The van der Waals surface area contributed by atoms with E-state index in [1.165, 1.54) is 28.6 Å². The van der Waals surface area contributed by atoms with Gasteiger partial charge in [-0.05, 0) is 48.6 Å². The van der Waals surface area contributed by atoms with Crippen molar-refractivity contribution in [1.29, 1.82) is 0 Å². The molecule has 0 unspecified atom stereocenters. The van der Waals surface area contributed by atoms with E-state index in [4.69, 9.17) is 0 Å². The van der Waals surface area contributed by atoms with Crippen LogP contribution in [0.1, 0.15) is 31.2 Å². The number of hydrogen-bond acceptors (Lipinski definition) is 4. The maximum atomic E-state index is 12.5. The summed E-state index contributed by atoms with van der Waals surface area (Å²) in [5.41, 5.74) is 1.05. The standard InChI is InChI=1S/C19H24N2O4S2/c1-16(17-7-3-2-4-8-17)15-20-26(22,23)18-9-11-19(12-10-18)27(24,25)21-13-5-6-14-21/h2-4,7-12,16,20H,5-6,13-15H2,1H3/t16-/m0/s1. The van der Waals surface area contributed by atoms with Crippen molar-refractivity contribution in [2.75, 3.05) is 19.6 Å². The summed E-state index contributed by atoms with van der Waals surface area (Å²) in [6, 6.07) is 15.1. The summed E-state index contributed by atoms with van der Waals surface area (Å²) in [5.74, 6) is 0.0239. The van der Waals surface area contributed by atoms with Crippen LogP contribution in [-0.2, 0) is 20.0 Å². The highest BCUT2D eigenvalue weighted by atomic mass is 32.2. The summed E-state index contributed by atoms with van der Waals surface area (Å²) in [6.07, 6.45) is 1.71. The van der Waals surface area contributed by atoms with Gasteiger partial charge < -0.3 is 0 Å². The molecule has 1 heterocycles. The van der Waals surface area contributed by atoms with Crippen LogP contribution < -0.4 is 4.72 Å². The minimum Gasteiger partial charge on any atom is -0.211 e. The second kappa shape index (κ2) is 8.10. The van der Waals surface area contributed by atoms with Crippen LogP contribution >= 0.6 is 0 Å². The van der Waals surface area contributed by atoms with Gasteiger partial charge in [0.25, 0.3) is 0 Å². The normalized spacial score (nSPS) is 17.1. The fourth-order valence-corrected chi connectivity index (χ4v) is 5.73. The molecule has 0 bridgehead atoms. The van der Waals surface area contributed by atoms with Gasteiger partial charge in [0.05, 0.1) is 9.79 Å². The monoisotopic (exact) mass is 408 g/mol. The van der Waals surface area contributed by atoms with Gasteiger partial charge in [0, 0.05) is 19.6 Å². The van der Waals surface area contributed by atoms with Crippen molar-refractivity contribution in [3.63, 3.8) is 0 Å². The van der Waals surface area contributed by atoms with E-state index < -0.39 is 20.0 Å². The summed E-state index contributed by atoms with van der Waals surface area (Å²) >= 11 is 0.